The van der Waals surface area contributed by atoms with Crippen LogP contribution in [-0.4, -0.2) is 41.7 Å². The fraction of sp³-hybridized carbons (Fsp3) is 0.588. The van der Waals surface area contributed by atoms with Gasteiger partial charge in [-0.1, -0.05) is 0 Å². The molecule has 1 heterocycles. The van der Waals surface area contributed by atoms with Crippen LogP contribution < -0.4 is 4.74 Å². The molecule has 1 saturated heterocycles. The zero-order valence-corrected chi connectivity index (χ0v) is 12.7. The zero-order valence-electron chi connectivity index (χ0n) is 12.7. The van der Waals surface area contributed by atoms with E-state index in [9.17, 15) is 18.7 Å². The Morgan fingerprint density at radius 1 is 1.35 bits per heavy atom. The van der Waals surface area contributed by atoms with Crippen molar-refractivity contribution in [1.82, 2.24) is 4.90 Å². The van der Waals surface area contributed by atoms with E-state index in [2.05, 4.69) is 0 Å². The van der Waals surface area contributed by atoms with E-state index in [0.717, 1.165) is 37.5 Å². The number of hydrogen-bond acceptors (Lipinski definition) is 3. The van der Waals surface area contributed by atoms with Gasteiger partial charge >= 0.3 is 0 Å². The van der Waals surface area contributed by atoms with Gasteiger partial charge in [0.2, 0.25) is 5.91 Å². The first-order valence-corrected chi connectivity index (χ1v) is 7.97. The monoisotopic (exact) mass is 323 g/mol. The first-order valence-electron chi connectivity index (χ1n) is 7.97. The number of ether oxygens (including phenoxy) is 1. The van der Waals surface area contributed by atoms with Crippen LogP contribution in [-0.2, 0) is 4.79 Å². The quantitative estimate of drug-likeness (QED) is 0.923. The van der Waals surface area contributed by atoms with Gasteiger partial charge in [-0.05, 0) is 36.8 Å². The fourth-order valence-electron chi connectivity index (χ4n) is 4.48. The second kappa shape index (κ2) is 4.90. The Labute approximate surface area is 133 Å². The highest BCUT2D eigenvalue weighted by atomic mass is 19.1. The molecule has 1 aliphatic heterocycles. The minimum Gasteiger partial charge on any atom is -0.485 e. The number of benzene rings is 1. The van der Waals surface area contributed by atoms with Crippen LogP contribution in [0, 0.1) is 22.5 Å². The van der Waals surface area contributed by atoms with Crippen molar-refractivity contribution in [3.8, 4) is 5.75 Å². The van der Waals surface area contributed by atoms with Gasteiger partial charge in [0.25, 0.3) is 0 Å². The normalized spacial score (nSPS) is 34.7. The first-order chi connectivity index (χ1) is 11.0. The van der Waals surface area contributed by atoms with Gasteiger partial charge in [-0.25, -0.2) is 8.78 Å². The molecule has 4 aliphatic rings. The van der Waals surface area contributed by atoms with Gasteiger partial charge in [0, 0.05) is 25.6 Å². The van der Waals surface area contributed by atoms with E-state index in [0.29, 0.717) is 19.5 Å². The number of aliphatic hydroxyl groups excluding tert-OH is 1. The minimum absolute atomic E-state index is 0.00399. The topological polar surface area (TPSA) is 49.8 Å². The molecule has 3 saturated carbocycles. The number of carbonyl (C=O) groups excluding carboxylic acids is 1. The number of hydrogen-bond donors (Lipinski definition) is 1. The van der Waals surface area contributed by atoms with E-state index in [1.54, 1.807) is 4.90 Å². The summed E-state index contributed by atoms with van der Waals surface area (Å²) in [4.78, 5) is 14.4. The van der Waals surface area contributed by atoms with Crippen molar-refractivity contribution in [3.05, 3.63) is 29.8 Å². The summed E-state index contributed by atoms with van der Waals surface area (Å²) < 4.78 is 32.3. The second-order valence-corrected chi connectivity index (χ2v) is 7.32. The molecule has 6 heteroatoms. The van der Waals surface area contributed by atoms with Crippen LogP contribution in [0.2, 0.25) is 0 Å². The summed E-state index contributed by atoms with van der Waals surface area (Å²) in [5.41, 5.74) is -0.280. The highest BCUT2D eigenvalue weighted by Gasteiger charge is 2.71. The molecule has 23 heavy (non-hydrogen) atoms. The molecule has 5 rings (SSSR count). The highest BCUT2D eigenvalue weighted by Crippen LogP contribution is 2.73. The molecule has 4 fully saturated rings. The van der Waals surface area contributed by atoms with Gasteiger partial charge in [-0.15, -0.1) is 0 Å². The molecule has 0 radical (unpaired) electrons. The number of halogens is 2. The third kappa shape index (κ3) is 2.23. The van der Waals surface area contributed by atoms with Crippen LogP contribution in [0.25, 0.3) is 0 Å². The third-order valence-electron chi connectivity index (χ3n) is 5.55. The summed E-state index contributed by atoms with van der Waals surface area (Å²) in [6.45, 7) is 1.14. The van der Waals surface area contributed by atoms with Crippen molar-refractivity contribution in [2.75, 3.05) is 19.7 Å². The Bertz CT molecular complexity index is 643. The van der Waals surface area contributed by atoms with Gasteiger partial charge in [0.15, 0.2) is 11.6 Å². The lowest BCUT2D eigenvalue weighted by molar-refractivity contribution is -0.227. The molecule has 1 amide bonds. The maximum Gasteiger partial charge on any atom is 0.228 e. The molecule has 0 spiro atoms. The molecule has 2 bridgehead atoms. The van der Waals surface area contributed by atoms with E-state index < -0.39 is 11.6 Å². The third-order valence-corrected chi connectivity index (χ3v) is 5.55. The Morgan fingerprint density at radius 2 is 2.09 bits per heavy atom. The van der Waals surface area contributed by atoms with Crippen LogP contribution in [0.15, 0.2) is 18.2 Å². The molecular weight excluding hydrogens is 304 g/mol. The predicted octanol–water partition coefficient (Wildman–Crippen LogP) is 2.11. The second-order valence-electron chi connectivity index (χ2n) is 7.32. The lowest BCUT2D eigenvalue weighted by Crippen LogP contribution is -2.69. The first kappa shape index (κ1) is 14.9. The van der Waals surface area contributed by atoms with Gasteiger partial charge in [-0.3, -0.25) is 4.79 Å². The summed E-state index contributed by atoms with van der Waals surface area (Å²) in [7, 11) is 0. The molecule has 1 N–H and O–H groups in total. The molecule has 1 aromatic carbocycles. The van der Waals surface area contributed by atoms with E-state index in [1.165, 1.54) is 0 Å². The number of aliphatic hydroxyl groups is 1. The molecule has 1 atom stereocenters. The number of amides is 1. The van der Waals surface area contributed by atoms with Crippen molar-refractivity contribution in [3.63, 3.8) is 0 Å². The van der Waals surface area contributed by atoms with E-state index >= 15 is 0 Å². The summed E-state index contributed by atoms with van der Waals surface area (Å²) in [5.74, 6) is -1.12. The van der Waals surface area contributed by atoms with Gasteiger partial charge in [0.05, 0.1) is 12.0 Å². The Kier molecular flexibility index (Phi) is 3.17. The van der Waals surface area contributed by atoms with Crippen LogP contribution in [0.3, 0.4) is 0 Å². The van der Waals surface area contributed by atoms with E-state index in [1.807, 2.05) is 0 Å². The number of nitrogens with zero attached hydrogens (tertiary/aromatic N) is 1. The summed E-state index contributed by atoms with van der Waals surface area (Å²) in [5, 5.41) is 9.29. The van der Waals surface area contributed by atoms with E-state index in [4.69, 9.17) is 4.74 Å². The average Bonchev–Trinajstić information content (AvgIpc) is 2.89. The van der Waals surface area contributed by atoms with Crippen LogP contribution >= 0.6 is 0 Å². The lowest BCUT2D eigenvalue weighted by Gasteiger charge is -2.69. The Hall–Kier alpha value is -1.69. The Morgan fingerprint density at radius 3 is 2.78 bits per heavy atom. The van der Waals surface area contributed by atoms with Crippen molar-refractivity contribution in [2.24, 2.45) is 10.8 Å². The van der Waals surface area contributed by atoms with Crippen molar-refractivity contribution in [1.29, 1.82) is 0 Å². The van der Waals surface area contributed by atoms with Gasteiger partial charge in [0.1, 0.15) is 11.9 Å². The van der Waals surface area contributed by atoms with Crippen LogP contribution in [0.5, 0.6) is 5.75 Å². The fourth-order valence-corrected chi connectivity index (χ4v) is 4.48. The SMILES string of the molecule is O=C(N1CC[C@@H](Oc2cc(F)ccc2F)C1)C12CC(CO)(C1)C2. The minimum atomic E-state index is -0.597. The number of rotatable bonds is 4. The Balaban J connectivity index is 1.37. The summed E-state index contributed by atoms with van der Waals surface area (Å²) in [6, 6.07) is 3.12. The van der Waals surface area contributed by atoms with E-state index in [-0.39, 0.29) is 35.2 Å². The molecule has 4 nitrogen and oxygen atoms in total. The number of carbonyl (C=O) groups is 1. The highest BCUT2D eigenvalue weighted by molar-refractivity contribution is 5.86. The molecular formula is C17H19F2NO3. The zero-order chi connectivity index (χ0) is 16.2. The maximum atomic E-state index is 13.6. The molecule has 1 aromatic rings. The van der Waals surface area contributed by atoms with Gasteiger partial charge in [-0.2, -0.15) is 0 Å². The largest absolute Gasteiger partial charge is 0.485 e. The molecule has 124 valence electrons. The molecule has 3 aliphatic carbocycles. The summed E-state index contributed by atoms with van der Waals surface area (Å²) >= 11 is 0. The van der Waals surface area contributed by atoms with Crippen LogP contribution in [0.4, 0.5) is 8.78 Å². The van der Waals surface area contributed by atoms with Crippen molar-refractivity contribution >= 4 is 5.91 Å². The van der Waals surface area contributed by atoms with Crippen LogP contribution in [0.1, 0.15) is 25.7 Å². The lowest BCUT2D eigenvalue weighted by atomic mass is 9.35. The molecule has 0 aromatic heterocycles. The molecule has 0 unspecified atom stereocenters. The van der Waals surface area contributed by atoms with Gasteiger partial charge < -0.3 is 14.7 Å². The number of likely N-dealkylation sites (tertiary alicyclic amines) is 1. The predicted molar refractivity (Wildman–Crippen MR) is 77.8 cm³/mol. The maximum absolute atomic E-state index is 13.6. The average molecular weight is 323 g/mol. The van der Waals surface area contributed by atoms with Crippen molar-refractivity contribution < 1.29 is 23.4 Å². The van der Waals surface area contributed by atoms with Crippen molar-refractivity contribution in [2.45, 2.75) is 31.8 Å². The standard InChI is InChI=1S/C17H19F2NO3/c18-11-1-2-13(19)14(5-11)23-12-3-4-20(6-12)15(22)17-7-16(8-17,9-17)10-21/h1-2,5,12,21H,3-4,6-10H2/t12-,16?,17?/m1/s1. The smallest absolute Gasteiger partial charge is 0.228 e. The summed E-state index contributed by atoms with van der Waals surface area (Å²) in [6.07, 6.45) is 2.62.